The molecule has 1 amide bonds. The SMILES string of the molecule is CCn1ccnc1CNC(=O)c1ccc(S(=O)(=O)NC[C@@H](C)O)cc1. The Morgan fingerprint density at radius 3 is 2.60 bits per heavy atom. The molecule has 0 radical (unpaired) electrons. The van der Waals surface area contributed by atoms with Gasteiger partial charge in [-0.3, -0.25) is 4.79 Å². The van der Waals surface area contributed by atoms with Crippen LogP contribution in [0.2, 0.25) is 0 Å². The molecule has 3 N–H and O–H groups in total. The van der Waals surface area contributed by atoms with Gasteiger partial charge in [0, 0.05) is 31.0 Å². The molecule has 0 bridgehead atoms. The van der Waals surface area contributed by atoms with E-state index < -0.39 is 16.1 Å². The molecule has 0 fully saturated rings. The Morgan fingerprint density at radius 1 is 1.32 bits per heavy atom. The number of rotatable bonds is 8. The first kappa shape index (κ1) is 19.1. The second kappa shape index (κ2) is 8.24. The molecule has 0 aliphatic heterocycles. The van der Waals surface area contributed by atoms with E-state index in [9.17, 15) is 13.2 Å². The van der Waals surface area contributed by atoms with E-state index >= 15 is 0 Å². The first-order valence-corrected chi connectivity index (χ1v) is 9.37. The molecule has 9 heteroatoms. The molecule has 0 spiro atoms. The van der Waals surface area contributed by atoms with Gasteiger partial charge in [0.15, 0.2) is 0 Å². The number of aliphatic hydroxyl groups excluding tert-OH is 1. The first-order valence-electron chi connectivity index (χ1n) is 7.89. The monoisotopic (exact) mass is 366 g/mol. The molecule has 0 aliphatic carbocycles. The lowest BCUT2D eigenvalue weighted by atomic mass is 10.2. The molecule has 25 heavy (non-hydrogen) atoms. The fourth-order valence-electron chi connectivity index (χ4n) is 2.16. The van der Waals surface area contributed by atoms with Gasteiger partial charge in [0.2, 0.25) is 10.0 Å². The molecule has 1 heterocycles. The number of aryl methyl sites for hydroxylation is 1. The maximum Gasteiger partial charge on any atom is 0.251 e. The van der Waals surface area contributed by atoms with Crippen molar-refractivity contribution >= 4 is 15.9 Å². The van der Waals surface area contributed by atoms with Crippen molar-refractivity contribution in [1.82, 2.24) is 19.6 Å². The largest absolute Gasteiger partial charge is 0.392 e. The number of hydrogen-bond acceptors (Lipinski definition) is 5. The van der Waals surface area contributed by atoms with E-state index in [-0.39, 0.29) is 23.9 Å². The predicted molar refractivity (Wildman–Crippen MR) is 92.4 cm³/mol. The standard InChI is InChI=1S/C16H22N4O4S/c1-3-20-9-8-17-15(20)11-18-16(22)13-4-6-14(7-5-13)25(23,24)19-10-12(2)21/h4-9,12,19,21H,3,10-11H2,1-2H3,(H,18,22)/t12-/m1/s1. The number of amides is 1. The molecule has 0 saturated carbocycles. The smallest absolute Gasteiger partial charge is 0.251 e. The van der Waals surface area contributed by atoms with Gasteiger partial charge in [-0.15, -0.1) is 0 Å². The van der Waals surface area contributed by atoms with Crippen molar-refractivity contribution < 1.29 is 18.3 Å². The fourth-order valence-corrected chi connectivity index (χ4v) is 3.28. The summed E-state index contributed by atoms with van der Waals surface area (Å²) in [6.07, 6.45) is 2.72. The number of aliphatic hydroxyl groups is 1. The number of benzene rings is 1. The maximum absolute atomic E-state index is 12.2. The van der Waals surface area contributed by atoms with E-state index in [0.29, 0.717) is 5.56 Å². The average molecular weight is 366 g/mol. The van der Waals surface area contributed by atoms with Gasteiger partial charge >= 0.3 is 0 Å². The Kier molecular flexibility index (Phi) is 6.29. The summed E-state index contributed by atoms with van der Waals surface area (Å²) in [5.74, 6) is 0.434. The molecule has 1 aromatic carbocycles. The van der Waals surface area contributed by atoms with Crippen LogP contribution in [0.15, 0.2) is 41.6 Å². The molecule has 2 rings (SSSR count). The Morgan fingerprint density at radius 2 is 2.00 bits per heavy atom. The molecular weight excluding hydrogens is 344 g/mol. The highest BCUT2D eigenvalue weighted by atomic mass is 32.2. The van der Waals surface area contributed by atoms with Crippen LogP contribution < -0.4 is 10.0 Å². The van der Waals surface area contributed by atoms with Crippen molar-refractivity contribution in [3.63, 3.8) is 0 Å². The van der Waals surface area contributed by atoms with Crippen LogP contribution in [0, 0.1) is 0 Å². The summed E-state index contributed by atoms with van der Waals surface area (Å²) >= 11 is 0. The third-order valence-electron chi connectivity index (χ3n) is 3.55. The zero-order valence-electron chi connectivity index (χ0n) is 14.1. The summed E-state index contributed by atoms with van der Waals surface area (Å²) in [6, 6.07) is 5.59. The lowest BCUT2D eigenvalue weighted by molar-refractivity contribution is 0.0949. The third kappa shape index (κ3) is 5.12. The topological polar surface area (TPSA) is 113 Å². The van der Waals surface area contributed by atoms with Crippen LogP contribution in [0.1, 0.15) is 30.0 Å². The molecule has 136 valence electrons. The molecule has 1 aromatic heterocycles. The van der Waals surface area contributed by atoms with E-state index in [0.717, 1.165) is 12.4 Å². The summed E-state index contributed by atoms with van der Waals surface area (Å²) in [4.78, 5) is 16.4. The quantitative estimate of drug-likeness (QED) is 0.629. The predicted octanol–water partition coefficient (Wildman–Crippen LogP) is 0.492. The third-order valence-corrected chi connectivity index (χ3v) is 4.98. The summed E-state index contributed by atoms with van der Waals surface area (Å²) in [6.45, 7) is 4.44. The molecular formula is C16H22N4O4S. The van der Waals surface area contributed by atoms with Crippen LogP contribution in [0.3, 0.4) is 0 Å². The van der Waals surface area contributed by atoms with E-state index in [1.165, 1.54) is 31.2 Å². The van der Waals surface area contributed by atoms with Crippen molar-refractivity contribution in [2.45, 2.75) is 37.9 Å². The van der Waals surface area contributed by atoms with Crippen molar-refractivity contribution in [2.75, 3.05) is 6.54 Å². The van der Waals surface area contributed by atoms with Gasteiger partial charge < -0.3 is 15.0 Å². The minimum absolute atomic E-state index is 0.0335. The lowest BCUT2D eigenvalue weighted by Crippen LogP contribution is -2.30. The number of hydrogen-bond donors (Lipinski definition) is 3. The second-order valence-corrected chi connectivity index (χ2v) is 7.30. The van der Waals surface area contributed by atoms with E-state index in [2.05, 4.69) is 15.0 Å². The number of nitrogens with zero attached hydrogens (tertiary/aromatic N) is 2. The van der Waals surface area contributed by atoms with Crippen molar-refractivity contribution in [2.24, 2.45) is 0 Å². The molecule has 0 saturated heterocycles. The summed E-state index contributed by atoms with van der Waals surface area (Å²) in [7, 11) is -3.71. The van der Waals surface area contributed by atoms with Crippen LogP contribution in [-0.2, 0) is 23.1 Å². The summed E-state index contributed by atoms with van der Waals surface area (Å²) in [5, 5.41) is 11.9. The number of carbonyl (C=O) groups is 1. The molecule has 2 aromatic rings. The summed E-state index contributed by atoms with van der Waals surface area (Å²) < 4.78 is 28.3. The molecule has 0 unspecified atom stereocenters. The maximum atomic E-state index is 12.2. The van der Waals surface area contributed by atoms with Crippen LogP contribution in [0.5, 0.6) is 0 Å². The van der Waals surface area contributed by atoms with Crippen LogP contribution in [0.25, 0.3) is 0 Å². The van der Waals surface area contributed by atoms with Gasteiger partial charge in [-0.1, -0.05) is 0 Å². The highest BCUT2D eigenvalue weighted by Crippen LogP contribution is 2.11. The van der Waals surface area contributed by atoms with E-state index in [1.54, 1.807) is 6.20 Å². The van der Waals surface area contributed by atoms with Crippen LogP contribution in [-0.4, -0.2) is 41.6 Å². The van der Waals surface area contributed by atoms with E-state index in [1.807, 2.05) is 17.7 Å². The van der Waals surface area contributed by atoms with Gasteiger partial charge in [0.25, 0.3) is 5.91 Å². The highest BCUT2D eigenvalue weighted by Gasteiger charge is 2.15. The number of carbonyl (C=O) groups excluding carboxylic acids is 1. The minimum atomic E-state index is -3.71. The number of sulfonamides is 1. The van der Waals surface area contributed by atoms with Gasteiger partial charge in [0.1, 0.15) is 5.82 Å². The Balaban J connectivity index is 2.00. The Labute approximate surface area is 146 Å². The molecule has 1 atom stereocenters. The number of aromatic nitrogens is 2. The Bertz CT molecular complexity index is 813. The average Bonchev–Trinajstić information content (AvgIpc) is 3.05. The van der Waals surface area contributed by atoms with Crippen LogP contribution >= 0.6 is 0 Å². The molecule has 8 nitrogen and oxygen atoms in total. The fraction of sp³-hybridized carbons (Fsp3) is 0.375. The van der Waals surface area contributed by atoms with Gasteiger partial charge in [-0.05, 0) is 38.1 Å². The number of imidazole rings is 1. The normalized spacial score (nSPS) is 12.8. The van der Waals surface area contributed by atoms with Gasteiger partial charge in [-0.2, -0.15) is 0 Å². The lowest BCUT2D eigenvalue weighted by Gasteiger charge is -2.09. The Hall–Kier alpha value is -2.23. The van der Waals surface area contributed by atoms with E-state index in [4.69, 9.17) is 5.11 Å². The number of nitrogens with one attached hydrogen (secondary N) is 2. The zero-order valence-corrected chi connectivity index (χ0v) is 15.0. The first-order chi connectivity index (χ1) is 11.8. The van der Waals surface area contributed by atoms with Gasteiger partial charge in [-0.25, -0.2) is 18.1 Å². The van der Waals surface area contributed by atoms with Crippen molar-refractivity contribution in [1.29, 1.82) is 0 Å². The van der Waals surface area contributed by atoms with Crippen molar-refractivity contribution in [3.8, 4) is 0 Å². The second-order valence-electron chi connectivity index (χ2n) is 5.54. The summed E-state index contributed by atoms with van der Waals surface area (Å²) in [5.41, 5.74) is 0.351. The van der Waals surface area contributed by atoms with Crippen LogP contribution in [0.4, 0.5) is 0 Å². The molecule has 0 aliphatic rings. The van der Waals surface area contributed by atoms with Gasteiger partial charge in [0.05, 0.1) is 17.5 Å². The zero-order chi connectivity index (χ0) is 18.4. The van der Waals surface area contributed by atoms with Crippen molar-refractivity contribution in [3.05, 3.63) is 48.0 Å². The minimum Gasteiger partial charge on any atom is -0.392 e. The highest BCUT2D eigenvalue weighted by molar-refractivity contribution is 7.89.